The Balaban J connectivity index is 1.46. The second-order valence-electron chi connectivity index (χ2n) is 10.4. The number of fused-ring (bicyclic) bond motifs is 5. The molecule has 0 amide bonds. The van der Waals surface area contributed by atoms with Gasteiger partial charge in [-0.1, -0.05) is 0 Å². The topological polar surface area (TPSA) is 172 Å². The van der Waals surface area contributed by atoms with Crippen molar-refractivity contribution in [2.24, 2.45) is 0 Å². The zero-order valence-corrected chi connectivity index (χ0v) is 22.8. The van der Waals surface area contributed by atoms with Crippen molar-refractivity contribution in [2.45, 2.75) is 26.2 Å². The lowest BCUT2D eigenvalue weighted by Gasteiger charge is -2.27. The number of phenols is 2. The van der Waals surface area contributed by atoms with Crippen LogP contribution in [0.25, 0.3) is 34.1 Å². The van der Waals surface area contributed by atoms with Crippen LogP contribution in [0.4, 0.5) is 0 Å². The lowest BCUT2D eigenvalue weighted by atomic mass is 9.71. The van der Waals surface area contributed by atoms with Gasteiger partial charge < -0.3 is 19.7 Å². The summed E-state index contributed by atoms with van der Waals surface area (Å²) in [6.07, 6.45) is 1.71. The summed E-state index contributed by atoms with van der Waals surface area (Å²) in [5.74, 6) is 0.000701. The van der Waals surface area contributed by atoms with Crippen LogP contribution < -0.4 is 20.7 Å². The Kier molecular flexibility index (Phi) is 5.08. The van der Waals surface area contributed by atoms with Gasteiger partial charge in [-0.05, 0) is 57.2 Å². The van der Waals surface area contributed by atoms with Gasteiger partial charge in [0.1, 0.15) is 39.8 Å². The van der Waals surface area contributed by atoms with Crippen molar-refractivity contribution in [3.8, 4) is 39.9 Å². The highest BCUT2D eigenvalue weighted by atomic mass is 16.5. The third kappa shape index (κ3) is 3.20. The van der Waals surface area contributed by atoms with Crippen LogP contribution in [0.3, 0.4) is 0 Å². The summed E-state index contributed by atoms with van der Waals surface area (Å²) in [5, 5.41) is 27.3. The molecule has 3 aromatic heterocycles. The van der Waals surface area contributed by atoms with Crippen LogP contribution >= 0.6 is 0 Å². The smallest absolute Gasteiger partial charge is 0.327 e. The number of aromatic hydroxyl groups is 2. The monoisotopic (exact) mass is 565 g/mol. The third-order valence-electron chi connectivity index (χ3n) is 8.06. The lowest BCUT2D eigenvalue weighted by Crippen LogP contribution is -2.36. The number of allylic oxidation sites excluding steroid dienone is 1. The molecule has 0 radical (unpaired) electrons. The molecule has 0 saturated heterocycles. The number of hydrogen-bond donors (Lipinski definition) is 4. The summed E-state index contributed by atoms with van der Waals surface area (Å²) in [7, 11) is 1.57. The molecule has 42 heavy (non-hydrogen) atoms. The number of ketones is 1. The summed E-state index contributed by atoms with van der Waals surface area (Å²) < 4.78 is 13.2. The Morgan fingerprint density at radius 2 is 1.71 bits per heavy atom. The van der Waals surface area contributed by atoms with Crippen molar-refractivity contribution in [2.75, 3.05) is 7.11 Å². The molecule has 5 aromatic rings. The number of hydrogen-bond acceptors (Lipinski definition) is 9. The second-order valence-corrected chi connectivity index (χ2v) is 10.4. The number of aromatic nitrogens is 5. The second kappa shape index (κ2) is 8.43. The van der Waals surface area contributed by atoms with Crippen molar-refractivity contribution in [1.82, 2.24) is 24.7 Å². The largest absolute Gasteiger partial charge is 0.507 e. The van der Waals surface area contributed by atoms with Crippen LogP contribution in [0, 0.1) is 13.8 Å². The van der Waals surface area contributed by atoms with E-state index in [1.807, 2.05) is 12.1 Å². The molecule has 12 nitrogen and oxygen atoms in total. The summed E-state index contributed by atoms with van der Waals surface area (Å²) in [5.41, 5.74) is -0.174. The lowest BCUT2D eigenvalue weighted by molar-refractivity contribution is 0.0905. The van der Waals surface area contributed by atoms with Crippen molar-refractivity contribution in [1.29, 1.82) is 0 Å². The van der Waals surface area contributed by atoms with E-state index in [0.29, 0.717) is 28.4 Å². The number of carbonyl (C=O) groups excluding carboxylic acids is 1. The Bertz CT molecular complexity index is 2170. The fourth-order valence-corrected chi connectivity index (χ4v) is 5.80. The molecular weight excluding hydrogens is 542 g/mol. The maximum atomic E-state index is 14.3. The first-order valence-corrected chi connectivity index (χ1v) is 13.0. The number of phenolic OH excluding ortho intramolecular Hbond substituents is 2. The number of Topliss-reactive ketones (excluding diaryl/α,β-unsaturated/α-hetero) is 1. The highest BCUT2D eigenvalue weighted by molar-refractivity contribution is 6.14. The first kappa shape index (κ1) is 25.3. The van der Waals surface area contributed by atoms with Gasteiger partial charge in [0.05, 0.1) is 52.0 Å². The van der Waals surface area contributed by atoms with E-state index in [1.54, 1.807) is 43.8 Å². The van der Waals surface area contributed by atoms with Crippen LogP contribution in [-0.4, -0.2) is 47.8 Å². The predicted octanol–water partition coefficient (Wildman–Crippen LogP) is 3.39. The first-order chi connectivity index (χ1) is 20.0. The minimum atomic E-state index is -1.44. The molecule has 1 atom stereocenters. The molecule has 4 N–H and O–H groups in total. The number of nitrogens with zero attached hydrogens (tertiary/aromatic N) is 3. The molecule has 1 unspecified atom stereocenters. The van der Waals surface area contributed by atoms with Gasteiger partial charge in [-0.3, -0.25) is 19.6 Å². The Morgan fingerprint density at radius 1 is 0.976 bits per heavy atom. The molecule has 210 valence electrons. The van der Waals surface area contributed by atoms with Gasteiger partial charge in [-0.25, -0.2) is 14.5 Å². The van der Waals surface area contributed by atoms with Gasteiger partial charge in [0.25, 0.3) is 5.56 Å². The number of nitrogens with one attached hydrogen (secondary N) is 2. The highest BCUT2D eigenvalue weighted by Gasteiger charge is 2.55. The Hall–Kier alpha value is -5.65. The highest BCUT2D eigenvalue weighted by Crippen LogP contribution is 2.60. The number of aromatic amines is 2. The number of ether oxygens (including phenoxy) is 2. The zero-order valence-electron chi connectivity index (χ0n) is 22.8. The fraction of sp³-hybridized carbons (Fsp3) is 0.167. The van der Waals surface area contributed by atoms with E-state index in [2.05, 4.69) is 20.1 Å². The average Bonchev–Trinajstić information content (AvgIpc) is 3.46. The van der Waals surface area contributed by atoms with Crippen LogP contribution in [0.2, 0.25) is 0 Å². The zero-order chi connectivity index (χ0) is 29.7. The molecule has 1 aliphatic heterocycles. The SMILES string of the molecule is COc1ccc(-n2nc(C)c3c2C=C2Oc4c(-c5ccc6c(=O)[nH]c(=O)[nH]c6n5)c(O)c(C)c(O)c4C2(C)C3=O)cc1. The minimum absolute atomic E-state index is 0.000317. The summed E-state index contributed by atoms with van der Waals surface area (Å²) >= 11 is 0. The summed E-state index contributed by atoms with van der Waals surface area (Å²) in [4.78, 5) is 47.5. The number of methoxy groups -OCH3 is 1. The Labute approximate surface area is 236 Å². The maximum absolute atomic E-state index is 14.3. The minimum Gasteiger partial charge on any atom is -0.507 e. The first-order valence-electron chi connectivity index (χ1n) is 13.0. The van der Waals surface area contributed by atoms with E-state index in [-0.39, 0.29) is 62.2 Å². The summed E-state index contributed by atoms with van der Waals surface area (Å²) in [6.45, 7) is 4.91. The van der Waals surface area contributed by atoms with Gasteiger partial charge in [0, 0.05) is 11.6 Å². The normalized spacial score (nSPS) is 17.0. The van der Waals surface area contributed by atoms with Crippen LogP contribution in [0.5, 0.6) is 23.0 Å². The molecule has 0 spiro atoms. The van der Waals surface area contributed by atoms with Crippen molar-refractivity contribution in [3.63, 3.8) is 0 Å². The van der Waals surface area contributed by atoms with Gasteiger partial charge >= 0.3 is 5.69 Å². The molecule has 12 heteroatoms. The van der Waals surface area contributed by atoms with E-state index < -0.39 is 16.7 Å². The number of carbonyl (C=O) groups is 1. The third-order valence-corrected chi connectivity index (χ3v) is 8.06. The number of H-pyrrole nitrogens is 2. The molecule has 0 fully saturated rings. The molecule has 2 aliphatic rings. The van der Waals surface area contributed by atoms with Gasteiger partial charge in [-0.2, -0.15) is 5.10 Å². The number of aryl methyl sites for hydroxylation is 1. The maximum Gasteiger partial charge on any atom is 0.327 e. The van der Waals surface area contributed by atoms with Gasteiger partial charge in [0.2, 0.25) is 0 Å². The molecule has 0 saturated carbocycles. The molecular formula is C30H23N5O7. The molecule has 2 aromatic carbocycles. The standard InChI is InChI=1S/C30H23N5O7/c1-12-23(36)21(17-10-9-16-27(31-17)32-29(40)33-28(16)39)25-22(24(12)37)30(3)19(42-25)11-18-20(26(30)38)13(2)34-35(18)14-5-7-15(41-4)8-6-14/h5-11,36-37H,1-4H3,(H2,31,32,33,39,40). The van der Waals surface area contributed by atoms with E-state index in [4.69, 9.17) is 9.47 Å². The number of rotatable bonds is 3. The Morgan fingerprint density at radius 3 is 2.43 bits per heavy atom. The average molecular weight is 566 g/mol. The van der Waals surface area contributed by atoms with E-state index in [0.717, 1.165) is 0 Å². The fourth-order valence-electron chi connectivity index (χ4n) is 5.80. The predicted molar refractivity (Wildman–Crippen MR) is 152 cm³/mol. The quantitative estimate of drug-likeness (QED) is 0.256. The van der Waals surface area contributed by atoms with Crippen LogP contribution in [0.1, 0.15) is 39.8 Å². The van der Waals surface area contributed by atoms with Crippen molar-refractivity contribution < 1.29 is 24.5 Å². The molecule has 1 aliphatic carbocycles. The van der Waals surface area contributed by atoms with E-state index in [1.165, 1.54) is 19.1 Å². The van der Waals surface area contributed by atoms with Crippen LogP contribution in [-0.2, 0) is 5.41 Å². The van der Waals surface area contributed by atoms with Gasteiger partial charge in [-0.15, -0.1) is 0 Å². The van der Waals surface area contributed by atoms with Gasteiger partial charge in [0.15, 0.2) is 5.78 Å². The van der Waals surface area contributed by atoms with E-state index in [9.17, 15) is 24.6 Å². The van der Waals surface area contributed by atoms with E-state index >= 15 is 0 Å². The summed E-state index contributed by atoms with van der Waals surface area (Å²) in [6, 6.07) is 10.2. The number of pyridine rings is 1. The van der Waals surface area contributed by atoms with Crippen molar-refractivity contribution >= 4 is 22.9 Å². The molecule has 7 rings (SSSR count). The molecule has 4 heterocycles. The van der Waals surface area contributed by atoms with Crippen LogP contribution in [0.15, 0.2) is 51.7 Å². The van der Waals surface area contributed by atoms with Crippen molar-refractivity contribution in [3.05, 3.63) is 91.1 Å². The molecule has 0 bridgehead atoms. The number of benzene rings is 2.